The van der Waals surface area contributed by atoms with Gasteiger partial charge < -0.3 is 15.0 Å². The van der Waals surface area contributed by atoms with Gasteiger partial charge in [-0.3, -0.25) is 9.69 Å². The van der Waals surface area contributed by atoms with Crippen LogP contribution in [0.25, 0.3) is 10.9 Å². The van der Waals surface area contributed by atoms with Gasteiger partial charge in [-0.2, -0.15) is 0 Å². The second-order valence-electron chi connectivity index (χ2n) is 7.44. The van der Waals surface area contributed by atoms with Crippen LogP contribution in [0.15, 0.2) is 18.2 Å². The molecule has 2 fully saturated rings. The highest BCUT2D eigenvalue weighted by Crippen LogP contribution is 2.25. The van der Waals surface area contributed by atoms with Gasteiger partial charge in [0.1, 0.15) is 5.82 Å². The fourth-order valence-corrected chi connectivity index (χ4v) is 4.30. The zero-order chi connectivity index (χ0) is 18.1. The largest absolute Gasteiger partial charge is 0.378 e. The van der Waals surface area contributed by atoms with Gasteiger partial charge in [-0.05, 0) is 44.5 Å². The Kier molecular flexibility index (Phi) is 4.96. The minimum Gasteiger partial charge on any atom is -0.378 e. The lowest BCUT2D eigenvalue weighted by molar-refractivity contribution is -0.121. The molecular weight excluding hydrogens is 333 g/mol. The molecule has 6 heteroatoms. The number of piperidine rings is 1. The molecule has 1 amide bonds. The summed E-state index contributed by atoms with van der Waals surface area (Å²) in [4.78, 5) is 18.2. The van der Waals surface area contributed by atoms with E-state index >= 15 is 0 Å². The first-order valence-electron chi connectivity index (χ1n) is 9.50. The second kappa shape index (κ2) is 7.37. The number of carbonyl (C=O) groups is 1. The lowest BCUT2D eigenvalue weighted by Crippen LogP contribution is -2.52. The Balaban J connectivity index is 1.45. The molecule has 2 aliphatic rings. The van der Waals surface area contributed by atoms with E-state index in [0.717, 1.165) is 29.7 Å². The highest BCUT2D eigenvalue weighted by Gasteiger charge is 2.34. The van der Waals surface area contributed by atoms with Crippen molar-refractivity contribution in [2.75, 3.05) is 26.3 Å². The predicted molar refractivity (Wildman–Crippen MR) is 98.7 cm³/mol. The fourth-order valence-electron chi connectivity index (χ4n) is 4.30. The molecular formula is C20H26FN3O2. The Bertz CT molecular complexity index is 798. The molecule has 0 radical (unpaired) electrons. The van der Waals surface area contributed by atoms with Crippen LogP contribution in [-0.2, 0) is 16.0 Å². The Morgan fingerprint density at radius 2 is 2.12 bits per heavy atom. The maximum absolute atomic E-state index is 13.9. The van der Waals surface area contributed by atoms with Gasteiger partial charge in [0.25, 0.3) is 0 Å². The van der Waals surface area contributed by atoms with Gasteiger partial charge >= 0.3 is 0 Å². The molecule has 2 atom stereocenters. The third kappa shape index (κ3) is 3.35. The molecule has 1 aromatic carbocycles. The van der Waals surface area contributed by atoms with E-state index in [1.807, 2.05) is 13.0 Å². The summed E-state index contributed by atoms with van der Waals surface area (Å²) in [7, 11) is 0. The molecule has 0 saturated carbocycles. The predicted octanol–water partition coefficient (Wildman–Crippen LogP) is 2.53. The van der Waals surface area contributed by atoms with Gasteiger partial charge in [-0.1, -0.05) is 18.6 Å². The molecule has 0 bridgehead atoms. The van der Waals surface area contributed by atoms with Crippen LogP contribution in [-0.4, -0.2) is 54.2 Å². The van der Waals surface area contributed by atoms with Crippen LogP contribution in [0.4, 0.5) is 4.39 Å². The molecule has 26 heavy (non-hydrogen) atoms. The number of aromatic nitrogens is 1. The van der Waals surface area contributed by atoms with Crippen LogP contribution in [0, 0.1) is 12.7 Å². The molecule has 3 heterocycles. The summed E-state index contributed by atoms with van der Waals surface area (Å²) in [6, 6.07) is 5.27. The Labute approximate surface area is 152 Å². The first-order chi connectivity index (χ1) is 12.6. The van der Waals surface area contributed by atoms with Crippen molar-refractivity contribution >= 4 is 16.8 Å². The molecule has 2 N–H and O–H groups in total. The van der Waals surface area contributed by atoms with E-state index in [2.05, 4.69) is 15.2 Å². The van der Waals surface area contributed by atoms with Gasteiger partial charge in [0, 0.05) is 11.1 Å². The smallest absolute Gasteiger partial charge is 0.224 e. The Morgan fingerprint density at radius 1 is 1.31 bits per heavy atom. The number of aryl methyl sites for hydroxylation is 1. The van der Waals surface area contributed by atoms with Crippen LogP contribution >= 0.6 is 0 Å². The molecule has 0 aliphatic carbocycles. The van der Waals surface area contributed by atoms with Crippen molar-refractivity contribution < 1.29 is 13.9 Å². The monoisotopic (exact) mass is 359 g/mol. The van der Waals surface area contributed by atoms with Crippen molar-refractivity contribution in [3.63, 3.8) is 0 Å². The van der Waals surface area contributed by atoms with Crippen LogP contribution in [0.1, 0.15) is 30.5 Å². The number of likely N-dealkylation sites (tertiary alicyclic amines) is 1. The Hall–Kier alpha value is -1.92. The molecule has 4 rings (SSSR count). The number of para-hydroxylation sites is 1. The van der Waals surface area contributed by atoms with Crippen molar-refractivity contribution in [3.8, 4) is 0 Å². The quantitative estimate of drug-likeness (QED) is 0.882. The molecule has 0 unspecified atom stereocenters. The second-order valence-corrected chi connectivity index (χ2v) is 7.44. The lowest BCUT2D eigenvalue weighted by Gasteiger charge is -2.34. The first-order valence-corrected chi connectivity index (χ1v) is 9.50. The third-order valence-electron chi connectivity index (χ3n) is 5.70. The summed E-state index contributed by atoms with van der Waals surface area (Å²) in [5, 5.41) is 3.94. The zero-order valence-corrected chi connectivity index (χ0v) is 15.2. The number of H-pyrrole nitrogens is 1. The van der Waals surface area contributed by atoms with E-state index in [9.17, 15) is 9.18 Å². The van der Waals surface area contributed by atoms with E-state index in [4.69, 9.17) is 4.74 Å². The number of benzene rings is 1. The van der Waals surface area contributed by atoms with Crippen molar-refractivity contribution in [1.82, 2.24) is 15.2 Å². The van der Waals surface area contributed by atoms with E-state index in [1.165, 1.54) is 25.3 Å². The van der Waals surface area contributed by atoms with E-state index < -0.39 is 0 Å². The van der Waals surface area contributed by atoms with E-state index in [-0.39, 0.29) is 30.2 Å². The first kappa shape index (κ1) is 17.5. The molecule has 5 nitrogen and oxygen atoms in total. The average molecular weight is 359 g/mol. The number of halogens is 1. The number of ether oxygens (including phenoxy) is 1. The number of fused-ring (bicyclic) bond motifs is 1. The maximum atomic E-state index is 13.9. The highest BCUT2D eigenvalue weighted by atomic mass is 19.1. The third-order valence-corrected chi connectivity index (χ3v) is 5.70. The highest BCUT2D eigenvalue weighted by molar-refractivity contribution is 5.90. The van der Waals surface area contributed by atoms with Gasteiger partial charge in [-0.15, -0.1) is 0 Å². The number of amides is 1. The van der Waals surface area contributed by atoms with Crippen LogP contribution in [0.2, 0.25) is 0 Å². The number of nitrogens with zero attached hydrogens (tertiary/aromatic N) is 1. The normalized spacial score (nSPS) is 24.2. The number of hydrogen-bond donors (Lipinski definition) is 2. The standard InChI is InChI=1S/C20H26FN3O2/c1-13-15(14-6-5-7-16(21)20(14)22-13)10-19(25)23-17-11-26-12-18(17)24-8-3-2-4-9-24/h5-7,17-18,22H,2-4,8-12H2,1H3,(H,23,25)/t17-,18-/m0/s1. The Morgan fingerprint density at radius 3 is 2.92 bits per heavy atom. The van der Waals surface area contributed by atoms with Crippen molar-refractivity contribution in [2.45, 2.75) is 44.7 Å². The summed E-state index contributed by atoms with van der Waals surface area (Å²) in [5.41, 5.74) is 2.18. The van der Waals surface area contributed by atoms with Crippen LogP contribution in [0.5, 0.6) is 0 Å². The molecule has 1 aromatic heterocycles. The fraction of sp³-hybridized carbons (Fsp3) is 0.550. The SMILES string of the molecule is Cc1[nH]c2c(F)cccc2c1CC(=O)N[C@H]1COC[C@@H]1N1CCCCC1. The summed E-state index contributed by atoms with van der Waals surface area (Å²) in [6.07, 6.45) is 3.98. The molecule has 0 spiro atoms. The van der Waals surface area contributed by atoms with Crippen molar-refractivity contribution in [1.29, 1.82) is 0 Å². The number of rotatable bonds is 4. The maximum Gasteiger partial charge on any atom is 0.224 e. The average Bonchev–Trinajstić information content (AvgIpc) is 3.22. The van der Waals surface area contributed by atoms with Gasteiger partial charge in [0.05, 0.1) is 37.2 Å². The number of aromatic amines is 1. The minimum atomic E-state index is -0.286. The number of nitrogens with one attached hydrogen (secondary N) is 2. The van der Waals surface area contributed by atoms with Gasteiger partial charge in [0.2, 0.25) is 5.91 Å². The van der Waals surface area contributed by atoms with Crippen molar-refractivity contribution in [3.05, 3.63) is 35.3 Å². The van der Waals surface area contributed by atoms with Crippen LogP contribution in [0.3, 0.4) is 0 Å². The topological polar surface area (TPSA) is 57.4 Å². The number of hydrogen-bond acceptors (Lipinski definition) is 3. The molecule has 2 aromatic rings. The lowest BCUT2D eigenvalue weighted by atomic mass is 10.0. The minimum absolute atomic E-state index is 0.0304. The van der Waals surface area contributed by atoms with Gasteiger partial charge in [0.15, 0.2) is 0 Å². The summed E-state index contributed by atoms with van der Waals surface area (Å²) >= 11 is 0. The molecule has 2 aliphatic heterocycles. The summed E-state index contributed by atoms with van der Waals surface area (Å²) < 4.78 is 19.6. The zero-order valence-electron chi connectivity index (χ0n) is 15.2. The summed E-state index contributed by atoms with van der Waals surface area (Å²) in [5.74, 6) is -0.317. The molecule has 2 saturated heterocycles. The number of carbonyl (C=O) groups excluding carboxylic acids is 1. The van der Waals surface area contributed by atoms with E-state index in [1.54, 1.807) is 6.07 Å². The van der Waals surface area contributed by atoms with Crippen LogP contribution < -0.4 is 5.32 Å². The summed E-state index contributed by atoms with van der Waals surface area (Å²) in [6.45, 7) is 5.30. The molecule has 140 valence electrons. The van der Waals surface area contributed by atoms with Crippen molar-refractivity contribution in [2.24, 2.45) is 0 Å². The van der Waals surface area contributed by atoms with E-state index in [0.29, 0.717) is 18.7 Å². The van der Waals surface area contributed by atoms with Gasteiger partial charge in [-0.25, -0.2) is 4.39 Å².